The minimum absolute atomic E-state index is 0.0515. The Kier molecular flexibility index (Phi) is 3.25. The molecule has 0 saturated heterocycles. The van der Waals surface area contributed by atoms with E-state index >= 15 is 0 Å². The Hall–Kier alpha value is -0.840. The second-order valence-electron chi connectivity index (χ2n) is 3.51. The van der Waals surface area contributed by atoms with E-state index in [0.29, 0.717) is 0 Å². The van der Waals surface area contributed by atoms with Gasteiger partial charge in [-0.05, 0) is 5.41 Å². The highest BCUT2D eigenvalue weighted by Crippen LogP contribution is 2.18. The highest BCUT2D eigenvalue weighted by atomic mass is 16.6. The first-order valence-electron chi connectivity index (χ1n) is 3.35. The summed E-state index contributed by atoms with van der Waals surface area (Å²) in [5.74, 6) is 0. The third kappa shape index (κ3) is 3.77. The largest absolute Gasteiger partial charge is 0.597 e. The molecule has 66 valence electrons. The van der Waals surface area contributed by atoms with Crippen LogP contribution in [0.1, 0.15) is 20.8 Å². The van der Waals surface area contributed by atoms with Crippen LogP contribution >= 0.6 is 0 Å². The molecule has 0 aromatic heterocycles. The van der Waals surface area contributed by atoms with Crippen LogP contribution in [0.5, 0.6) is 0 Å². The van der Waals surface area contributed by atoms with Gasteiger partial charge in [0.2, 0.25) is 6.54 Å². The van der Waals surface area contributed by atoms with Gasteiger partial charge < -0.3 is 15.5 Å². The second kappa shape index (κ2) is 3.52. The number of aliphatic hydroxyl groups excluding tert-OH is 1. The van der Waals surface area contributed by atoms with Crippen molar-refractivity contribution in [2.75, 3.05) is 6.54 Å². The lowest BCUT2D eigenvalue weighted by atomic mass is 9.89. The molecule has 5 nitrogen and oxygen atoms in total. The summed E-state index contributed by atoms with van der Waals surface area (Å²) >= 11 is 0. The van der Waals surface area contributed by atoms with E-state index in [1.165, 1.54) is 0 Å². The molecular weight excluding hydrogens is 148 g/mol. The highest BCUT2D eigenvalue weighted by molar-refractivity contribution is 4.70. The number of rotatable bonds is 2. The van der Waals surface area contributed by atoms with Gasteiger partial charge in [-0.1, -0.05) is 25.6 Å². The summed E-state index contributed by atoms with van der Waals surface area (Å²) < 4.78 is 0. The zero-order valence-corrected chi connectivity index (χ0v) is 6.98. The molecule has 0 aliphatic heterocycles. The third-order valence-electron chi connectivity index (χ3n) is 1.43. The number of aliphatic hydroxyl groups is 1. The summed E-state index contributed by atoms with van der Waals surface area (Å²) in [5.41, 5.74) is -0.368. The van der Waals surface area contributed by atoms with Crippen molar-refractivity contribution in [3.05, 3.63) is 5.21 Å². The van der Waals surface area contributed by atoms with Crippen LogP contribution in [0.25, 0.3) is 0 Å². The zero-order chi connectivity index (χ0) is 9.07. The van der Waals surface area contributed by atoms with Crippen LogP contribution in [0.3, 0.4) is 0 Å². The Labute approximate surface area is 65.5 Å². The average molecular weight is 162 g/mol. The molecule has 0 aromatic rings. The van der Waals surface area contributed by atoms with Gasteiger partial charge in [0.25, 0.3) is 0 Å². The molecule has 0 radical (unpaired) electrons. The van der Waals surface area contributed by atoms with Gasteiger partial charge >= 0.3 is 0 Å². The molecule has 0 spiro atoms. The highest BCUT2D eigenvalue weighted by Gasteiger charge is 2.25. The lowest BCUT2D eigenvalue weighted by molar-refractivity contribution is -0.565. The predicted octanol–water partition coefficient (Wildman–Crippen LogP) is 0.745. The summed E-state index contributed by atoms with van der Waals surface area (Å²) in [6.45, 7) is 5.18. The maximum Gasteiger partial charge on any atom is 0.210 e. The average Bonchev–Trinajstić information content (AvgIpc) is 1.85. The molecule has 0 saturated carbocycles. The Balaban J connectivity index is 3.98. The Morgan fingerprint density at radius 2 is 2.00 bits per heavy atom. The molecule has 0 aromatic carbocycles. The van der Waals surface area contributed by atoms with E-state index in [9.17, 15) is 10.3 Å². The van der Waals surface area contributed by atoms with Crippen molar-refractivity contribution >= 4 is 0 Å². The molecule has 0 bridgehead atoms. The lowest BCUT2D eigenvalue weighted by Gasteiger charge is -2.22. The van der Waals surface area contributed by atoms with Crippen molar-refractivity contribution in [1.82, 2.24) is 0 Å². The van der Waals surface area contributed by atoms with Crippen molar-refractivity contribution in [3.63, 3.8) is 0 Å². The maximum atomic E-state index is 10.4. The van der Waals surface area contributed by atoms with Crippen LogP contribution in [-0.4, -0.2) is 27.8 Å². The molecule has 0 aliphatic carbocycles. The van der Waals surface area contributed by atoms with Crippen molar-refractivity contribution in [2.24, 2.45) is 10.7 Å². The van der Waals surface area contributed by atoms with Crippen LogP contribution in [0.2, 0.25) is 0 Å². The summed E-state index contributed by atoms with van der Waals surface area (Å²) in [5, 5.41) is 30.0. The van der Waals surface area contributed by atoms with Crippen LogP contribution < -0.4 is 0 Å². The first kappa shape index (κ1) is 10.2. The first-order chi connectivity index (χ1) is 4.88. The van der Waals surface area contributed by atoms with Gasteiger partial charge in [0.15, 0.2) is 5.28 Å². The van der Waals surface area contributed by atoms with E-state index in [1.54, 1.807) is 20.8 Å². The third-order valence-corrected chi connectivity index (χ3v) is 1.43. The quantitative estimate of drug-likeness (QED) is 0.357. The van der Waals surface area contributed by atoms with Gasteiger partial charge in [0.1, 0.15) is 6.10 Å². The van der Waals surface area contributed by atoms with Gasteiger partial charge in [0, 0.05) is 0 Å². The van der Waals surface area contributed by atoms with Crippen LogP contribution in [0, 0.1) is 10.6 Å². The van der Waals surface area contributed by atoms with E-state index in [2.05, 4.69) is 5.28 Å². The van der Waals surface area contributed by atoms with Gasteiger partial charge in [-0.25, -0.2) is 0 Å². The second-order valence-corrected chi connectivity index (χ2v) is 3.51. The first-order valence-corrected chi connectivity index (χ1v) is 3.35. The van der Waals surface area contributed by atoms with Crippen molar-refractivity contribution in [2.45, 2.75) is 26.9 Å². The molecule has 0 aliphatic rings. The van der Waals surface area contributed by atoms with Crippen LogP contribution in [0.15, 0.2) is 5.28 Å². The van der Waals surface area contributed by atoms with Crippen molar-refractivity contribution < 1.29 is 15.2 Å². The number of nitrogens with zero attached hydrogens (tertiary/aromatic N) is 2. The molecule has 1 unspecified atom stereocenters. The van der Waals surface area contributed by atoms with Crippen molar-refractivity contribution in [1.29, 1.82) is 0 Å². The summed E-state index contributed by atoms with van der Waals surface area (Å²) in [4.78, 5) is 0.0515. The number of hydroxylamine groups is 1. The molecule has 0 heterocycles. The molecular formula is C6H14N2O3. The smallest absolute Gasteiger partial charge is 0.210 e. The topological polar surface area (TPSA) is 78.9 Å². The minimum atomic E-state index is -0.795. The van der Waals surface area contributed by atoms with Gasteiger partial charge in [-0.15, -0.1) is 0 Å². The zero-order valence-electron chi connectivity index (χ0n) is 6.98. The summed E-state index contributed by atoms with van der Waals surface area (Å²) in [6.07, 6.45) is -0.795. The Bertz CT molecular complexity index is 150. The summed E-state index contributed by atoms with van der Waals surface area (Å²) in [6, 6.07) is 0. The number of hydrogen-bond donors (Lipinski definition) is 2. The van der Waals surface area contributed by atoms with E-state index in [0.717, 1.165) is 0 Å². The van der Waals surface area contributed by atoms with Crippen molar-refractivity contribution in [3.8, 4) is 0 Å². The molecule has 0 fully saturated rings. The molecule has 0 amide bonds. The monoisotopic (exact) mass is 162 g/mol. The van der Waals surface area contributed by atoms with E-state index in [1.807, 2.05) is 0 Å². The van der Waals surface area contributed by atoms with Gasteiger partial charge in [0.05, 0.1) is 0 Å². The fraction of sp³-hybridized carbons (Fsp3) is 1.00. The maximum absolute atomic E-state index is 10.4. The standard InChI is InChI=1S/C6H14N2O3/c1-6(2,3)5(9)4-8(11)7-10/h5,9-10H,4H2,1-3H3/b8-7-. The predicted molar refractivity (Wildman–Crippen MR) is 38.2 cm³/mol. The normalized spacial score (nSPS) is 16.5. The molecule has 5 heteroatoms. The Morgan fingerprint density at radius 1 is 1.55 bits per heavy atom. The van der Waals surface area contributed by atoms with Crippen LogP contribution in [0.4, 0.5) is 0 Å². The fourth-order valence-electron chi connectivity index (χ4n) is 0.458. The van der Waals surface area contributed by atoms with Gasteiger partial charge in [-0.3, -0.25) is 0 Å². The summed E-state index contributed by atoms with van der Waals surface area (Å²) in [7, 11) is 0. The molecule has 2 N–H and O–H groups in total. The van der Waals surface area contributed by atoms with Gasteiger partial charge in [-0.2, -0.15) is 0 Å². The molecule has 11 heavy (non-hydrogen) atoms. The Morgan fingerprint density at radius 3 is 2.27 bits per heavy atom. The number of hydrogen-bond acceptors (Lipinski definition) is 3. The molecule has 0 rings (SSSR count). The minimum Gasteiger partial charge on any atom is -0.597 e. The van der Waals surface area contributed by atoms with E-state index in [-0.39, 0.29) is 16.8 Å². The SMILES string of the molecule is CC(C)(C)C(O)C/[N+]([O-])=N/O. The fourth-order valence-corrected chi connectivity index (χ4v) is 0.458. The van der Waals surface area contributed by atoms with E-state index < -0.39 is 6.10 Å². The van der Waals surface area contributed by atoms with Crippen LogP contribution in [-0.2, 0) is 0 Å². The lowest BCUT2D eigenvalue weighted by Crippen LogP contribution is -2.33. The van der Waals surface area contributed by atoms with E-state index in [4.69, 9.17) is 5.21 Å². The molecule has 1 atom stereocenters.